The van der Waals surface area contributed by atoms with Crippen LogP contribution in [0.5, 0.6) is 0 Å². The van der Waals surface area contributed by atoms with Crippen LogP contribution in [0.1, 0.15) is 27.3 Å². The molecule has 0 atom stereocenters. The summed E-state index contributed by atoms with van der Waals surface area (Å²) < 4.78 is 0. The molecule has 4 N–H and O–H groups in total. The van der Waals surface area contributed by atoms with Gasteiger partial charge in [-0.1, -0.05) is 60.7 Å². The summed E-state index contributed by atoms with van der Waals surface area (Å²) in [4.78, 5) is 19.2. The molecule has 1 aromatic heterocycles. The number of aliphatic hydroxyl groups is 1. The van der Waals surface area contributed by atoms with E-state index in [1.165, 1.54) is 0 Å². The lowest BCUT2D eigenvalue weighted by molar-refractivity contribution is 0.100. The molecule has 128 valence electrons. The molecule has 5 heteroatoms. The summed E-state index contributed by atoms with van der Waals surface area (Å²) in [5.74, 6) is -0.129. The molecule has 0 radical (unpaired) electrons. The van der Waals surface area contributed by atoms with Gasteiger partial charge in [-0.05, 0) is 29.3 Å². The van der Waals surface area contributed by atoms with E-state index >= 15 is 0 Å². The van der Waals surface area contributed by atoms with Crippen molar-refractivity contribution in [2.75, 3.05) is 0 Å². The minimum Gasteiger partial charge on any atom is -0.373 e. The van der Waals surface area contributed by atoms with Crippen LogP contribution < -0.4 is 5.73 Å². The highest BCUT2D eigenvalue weighted by Crippen LogP contribution is 2.35. The average molecular weight is 343 g/mol. The molecule has 0 unspecified atom stereocenters. The largest absolute Gasteiger partial charge is 0.373 e. The number of aromatic amines is 1. The number of benzene rings is 3. The Morgan fingerprint density at radius 1 is 0.923 bits per heavy atom. The van der Waals surface area contributed by atoms with Gasteiger partial charge in [0.15, 0.2) is 5.60 Å². The predicted molar refractivity (Wildman–Crippen MR) is 99.6 cm³/mol. The molecule has 0 saturated heterocycles. The van der Waals surface area contributed by atoms with Gasteiger partial charge in [-0.25, -0.2) is 4.98 Å². The average Bonchev–Trinajstić information content (AvgIpc) is 3.12. The SMILES string of the molecule is NC(=O)c1ccc2nc(C(O)(c3ccccc3)c3ccccc3)[nH]c2c1. The third kappa shape index (κ3) is 2.55. The summed E-state index contributed by atoms with van der Waals surface area (Å²) in [7, 11) is 0. The van der Waals surface area contributed by atoms with Crippen molar-refractivity contribution in [1.82, 2.24) is 9.97 Å². The highest BCUT2D eigenvalue weighted by atomic mass is 16.3. The molecule has 26 heavy (non-hydrogen) atoms. The van der Waals surface area contributed by atoms with E-state index in [2.05, 4.69) is 9.97 Å². The summed E-state index contributed by atoms with van der Waals surface area (Å²) in [6.07, 6.45) is 0. The normalized spacial score (nSPS) is 11.6. The van der Waals surface area contributed by atoms with Gasteiger partial charge in [0.1, 0.15) is 5.82 Å². The molecule has 0 aliphatic carbocycles. The zero-order chi connectivity index (χ0) is 18.1. The number of aromatic nitrogens is 2. The standard InChI is InChI=1S/C21H17N3O2/c22-19(25)14-11-12-17-18(13-14)24-20(23-17)21(26,15-7-3-1-4-8-15)16-9-5-2-6-10-16/h1-13,26H,(H2,22,25)(H,23,24). The third-order valence-electron chi connectivity index (χ3n) is 4.49. The van der Waals surface area contributed by atoms with E-state index in [9.17, 15) is 9.90 Å². The zero-order valence-electron chi connectivity index (χ0n) is 13.9. The Labute approximate surface area is 150 Å². The summed E-state index contributed by atoms with van der Waals surface area (Å²) >= 11 is 0. The maximum absolute atomic E-state index is 11.7. The Kier molecular flexibility index (Phi) is 3.78. The molecule has 1 amide bonds. The van der Waals surface area contributed by atoms with Crippen LogP contribution >= 0.6 is 0 Å². The van der Waals surface area contributed by atoms with Crippen LogP contribution in [-0.2, 0) is 5.60 Å². The second kappa shape index (κ2) is 6.13. The van der Waals surface area contributed by atoms with Crippen LogP contribution in [-0.4, -0.2) is 21.0 Å². The fraction of sp³-hybridized carbons (Fsp3) is 0.0476. The number of fused-ring (bicyclic) bond motifs is 1. The lowest BCUT2D eigenvalue weighted by Crippen LogP contribution is -2.30. The maximum atomic E-state index is 11.7. The first kappa shape index (κ1) is 16.1. The number of nitrogens with two attached hydrogens (primary N) is 1. The molecule has 4 rings (SSSR count). The molecule has 3 aromatic carbocycles. The Balaban J connectivity index is 1.95. The van der Waals surface area contributed by atoms with Crippen molar-refractivity contribution in [1.29, 1.82) is 0 Å². The Morgan fingerprint density at radius 3 is 2.04 bits per heavy atom. The maximum Gasteiger partial charge on any atom is 0.248 e. The quantitative estimate of drug-likeness (QED) is 0.532. The molecule has 1 heterocycles. The molecule has 0 spiro atoms. The van der Waals surface area contributed by atoms with Crippen molar-refractivity contribution < 1.29 is 9.90 Å². The molecule has 0 bridgehead atoms. The minimum absolute atomic E-state index is 0.381. The van der Waals surface area contributed by atoms with E-state index in [4.69, 9.17) is 5.73 Å². The van der Waals surface area contributed by atoms with Crippen LogP contribution in [0.3, 0.4) is 0 Å². The van der Waals surface area contributed by atoms with Crippen LogP contribution in [0.15, 0.2) is 78.9 Å². The highest BCUT2D eigenvalue weighted by molar-refractivity contribution is 5.96. The molecule has 0 aliphatic heterocycles. The fourth-order valence-corrected chi connectivity index (χ4v) is 3.13. The number of hydrogen-bond acceptors (Lipinski definition) is 3. The van der Waals surface area contributed by atoms with E-state index in [-0.39, 0.29) is 0 Å². The van der Waals surface area contributed by atoms with Gasteiger partial charge in [-0.3, -0.25) is 4.79 Å². The minimum atomic E-state index is -1.45. The van der Waals surface area contributed by atoms with Crippen molar-refractivity contribution in [3.05, 3.63) is 101 Å². The number of H-pyrrole nitrogens is 1. The molecular weight excluding hydrogens is 326 g/mol. The Bertz CT molecular complexity index is 1030. The Hall–Kier alpha value is -3.44. The molecule has 5 nitrogen and oxygen atoms in total. The first-order chi connectivity index (χ1) is 12.6. The van der Waals surface area contributed by atoms with Gasteiger partial charge in [0.2, 0.25) is 5.91 Å². The van der Waals surface area contributed by atoms with E-state index in [1.807, 2.05) is 60.7 Å². The summed E-state index contributed by atoms with van der Waals surface area (Å²) in [5, 5.41) is 11.7. The van der Waals surface area contributed by atoms with Crippen molar-refractivity contribution >= 4 is 16.9 Å². The lowest BCUT2D eigenvalue weighted by Gasteiger charge is -2.27. The van der Waals surface area contributed by atoms with Gasteiger partial charge >= 0.3 is 0 Å². The van der Waals surface area contributed by atoms with E-state index in [1.54, 1.807) is 18.2 Å². The first-order valence-electron chi connectivity index (χ1n) is 8.22. The molecule has 0 aliphatic rings. The summed E-state index contributed by atoms with van der Waals surface area (Å²) in [5.41, 5.74) is 6.97. The smallest absolute Gasteiger partial charge is 0.248 e. The van der Waals surface area contributed by atoms with Crippen LogP contribution in [0.2, 0.25) is 0 Å². The molecule has 4 aromatic rings. The molecule has 0 saturated carbocycles. The number of primary amides is 1. The fourth-order valence-electron chi connectivity index (χ4n) is 3.13. The zero-order valence-corrected chi connectivity index (χ0v) is 13.9. The number of amides is 1. The molecule has 0 fully saturated rings. The lowest BCUT2D eigenvalue weighted by atomic mass is 9.85. The van der Waals surface area contributed by atoms with Crippen LogP contribution in [0, 0.1) is 0 Å². The van der Waals surface area contributed by atoms with Crippen LogP contribution in [0.4, 0.5) is 0 Å². The van der Waals surface area contributed by atoms with Crippen molar-refractivity contribution in [2.45, 2.75) is 5.60 Å². The van der Waals surface area contributed by atoms with Gasteiger partial charge in [-0.15, -0.1) is 0 Å². The summed E-state index contributed by atoms with van der Waals surface area (Å²) in [6.45, 7) is 0. The highest BCUT2D eigenvalue weighted by Gasteiger charge is 2.36. The first-order valence-corrected chi connectivity index (χ1v) is 8.22. The van der Waals surface area contributed by atoms with Gasteiger partial charge < -0.3 is 15.8 Å². The third-order valence-corrected chi connectivity index (χ3v) is 4.49. The van der Waals surface area contributed by atoms with Gasteiger partial charge in [0, 0.05) is 5.56 Å². The van der Waals surface area contributed by atoms with Crippen molar-refractivity contribution in [3.63, 3.8) is 0 Å². The number of carbonyl (C=O) groups excluding carboxylic acids is 1. The van der Waals surface area contributed by atoms with Crippen molar-refractivity contribution in [3.8, 4) is 0 Å². The van der Waals surface area contributed by atoms with E-state index in [0.29, 0.717) is 33.5 Å². The van der Waals surface area contributed by atoms with E-state index in [0.717, 1.165) is 0 Å². The Morgan fingerprint density at radius 2 is 1.50 bits per heavy atom. The predicted octanol–water partition coefficient (Wildman–Crippen LogP) is 2.95. The van der Waals surface area contributed by atoms with Gasteiger partial charge in [-0.2, -0.15) is 0 Å². The van der Waals surface area contributed by atoms with Crippen molar-refractivity contribution in [2.24, 2.45) is 5.73 Å². The number of rotatable bonds is 4. The number of imidazole rings is 1. The van der Waals surface area contributed by atoms with Gasteiger partial charge in [0.05, 0.1) is 11.0 Å². The van der Waals surface area contributed by atoms with Gasteiger partial charge in [0.25, 0.3) is 0 Å². The van der Waals surface area contributed by atoms with Crippen LogP contribution in [0.25, 0.3) is 11.0 Å². The second-order valence-electron chi connectivity index (χ2n) is 6.12. The monoisotopic (exact) mass is 343 g/mol. The summed E-state index contributed by atoms with van der Waals surface area (Å²) in [6, 6.07) is 23.7. The van der Waals surface area contributed by atoms with E-state index < -0.39 is 11.5 Å². The number of nitrogens with zero attached hydrogens (tertiary/aromatic N) is 1. The topological polar surface area (TPSA) is 92.0 Å². The number of carbonyl (C=O) groups is 1. The number of nitrogens with one attached hydrogen (secondary N) is 1. The second-order valence-corrected chi connectivity index (χ2v) is 6.12. The number of hydrogen-bond donors (Lipinski definition) is 3. The molecular formula is C21H17N3O2.